The zero-order valence-electron chi connectivity index (χ0n) is 17.4. The van der Waals surface area contributed by atoms with Crippen molar-refractivity contribution in [1.29, 1.82) is 0 Å². The molecule has 0 spiro atoms. The van der Waals surface area contributed by atoms with Gasteiger partial charge in [-0.1, -0.05) is 65.8 Å². The maximum Gasteiger partial charge on any atom is 0.230 e. The number of piperazine rings is 1. The van der Waals surface area contributed by atoms with E-state index in [1.54, 1.807) is 6.07 Å². The van der Waals surface area contributed by atoms with Gasteiger partial charge in [-0.25, -0.2) is 9.97 Å². The molecular weight excluding hydrogens is 418 g/mol. The highest BCUT2D eigenvalue weighted by Crippen LogP contribution is 2.22. The van der Waals surface area contributed by atoms with Gasteiger partial charge >= 0.3 is 0 Å². The van der Waals surface area contributed by atoms with Gasteiger partial charge in [-0.2, -0.15) is 0 Å². The molecule has 1 aromatic heterocycles. The molecule has 3 rings (SSSR count). The number of halogens is 1. The number of amides is 1. The predicted octanol–water partition coefficient (Wildman–Crippen LogP) is 3.58. The first-order valence-electron chi connectivity index (χ1n) is 10.2. The molecule has 1 saturated heterocycles. The number of nitrogens with zero attached hydrogens (tertiary/aromatic N) is 4. The fourth-order valence-corrected chi connectivity index (χ4v) is 4.06. The zero-order valence-corrected chi connectivity index (χ0v) is 19.0. The molecule has 160 valence electrons. The highest BCUT2D eigenvalue weighted by atomic mass is 35.5. The lowest BCUT2D eigenvalue weighted by Crippen LogP contribution is -2.46. The first-order chi connectivity index (χ1) is 14.5. The summed E-state index contributed by atoms with van der Waals surface area (Å²) in [6.45, 7) is 8.48. The van der Waals surface area contributed by atoms with Crippen molar-refractivity contribution < 1.29 is 4.79 Å². The summed E-state index contributed by atoms with van der Waals surface area (Å²) in [4.78, 5) is 25.4. The van der Waals surface area contributed by atoms with Gasteiger partial charge in [-0.3, -0.25) is 9.69 Å². The van der Waals surface area contributed by atoms with E-state index in [1.165, 1.54) is 17.3 Å². The summed E-state index contributed by atoms with van der Waals surface area (Å²) in [6.07, 6.45) is 4.37. The van der Waals surface area contributed by atoms with E-state index in [0.29, 0.717) is 10.3 Å². The number of aromatic nitrogens is 2. The monoisotopic (exact) mass is 445 g/mol. The normalized spacial score (nSPS) is 15.1. The second-order valence-electron chi connectivity index (χ2n) is 7.44. The number of thioether (sulfide) groups is 1. The molecule has 2 heterocycles. The van der Waals surface area contributed by atoms with Crippen LogP contribution in [-0.2, 0) is 4.79 Å². The fourth-order valence-electron chi connectivity index (χ4n) is 3.17. The topological polar surface area (TPSA) is 61.4 Å². The Labute approximate surface area is 187 Å². The number of carbonyl (C=O) groups excluding carboxylic acids is 1. The Hall–Kier alpha value is -2.09. The van der Waals surface area contributed by atoms with Gasteiger partial charge in [-0.15, -0.1) is 0 Å². The van der Waals surface area contributed by atoms with Crippen LogP contribution in [-0.4, -0.2) is 65.3 Å². The molecule has 1 aliphatic heterocycles. The van der Waals surface area contributed by atoms with Crippen molar-refractivity contribution in [3.05, 3.63) is 53.2 Å². The average Bonchev–Trinajstić information content (AvgIpc) is 2.73. The fraction of sp³-hybridized carbons (Fsp3) is 0.409. The summed E-state index contributed by atoms with van der Waals surface area (Å²) < 4.78 is 0. The number of nitrogens with one attached hydrogen (secondary N) is 1. The van der Waals surface area contributed by atoms with Crippen LogP contribution in [0.5, 0.6) is 0 Å². The van der Waals surface area contributed by atoms with Crippen molar-refractivity contribution in [3.8, 4) is 0 Å². The van der Waals surface area contributed by atoms with E-state index in [2.05, 4.69) is 61.5 Å². The van der Waals surface area contributed by atoms with Crippen molar-refractivity contribution in [2.24, 2.45) is 0 Å². The highest BCUT2D eigenvalue weighted by molar-refractivity contribution is 7.99. The van der Waals surface area contributed by atoms with Crippen LogP contribution in [0.2, 0.25) is 5.15 Å². The van der Waals surface area contributed by atoms with Crippen LogP contribution >= 0.6 is 23.4 Å². The Balaban J connectivity index is 1.50. The molecule has 0 aliphatic carbocycles. The van der Waals surface area contributed by atoms with Crippen LogP contribution in [0.25, 0.3) is 6.08 Å². The van der Waals surface area contributed by atoms with E-state index in [-0.39, 0.29) is 17.7 Å². The zero-order chi connectivity index (χ0) is 21.3. The molecule has 0 atom stereocenters. The molecule has 0 unspecified atom stereocenters. The molecule has 30 heavy (non-hydrogen) atoms. The van der Waals surface area contributed by atoms with Gasteiger partial charge in [0.05, 0.1) is 5.75 Å². The van der Waals surface area contributed by atoms with Crippen molar-refractivity contribution in [2.75, 3.05) is 43.4 Å². The number of rotatable bonds is 8. The molecule has 1 aliphatic rings. The molecule has 6 nitrogen and oxygen atoms in total. The molecule has 8 heteroatoms. The third-order valence-corrected chi connectivity index (χ3v) is 5.65. The minimum atomic E-state index is -0.0303. The summed E-state index contributed by atoms with van der Waals surface area (Å²) in [5.41, 5.74) is 1.22. The number of benzene rings is 1. The van der Waals surface area contributed by atoms with Crippen LogP contribution < -0.4 is 10.2 Å². The maximum absolute atomic E-state index is 11.9. The van der Waals surface area contributed by atoms with E-state index >= 15 is 0 Å². The SMILES string of the molecule is CC(C)NC(=O)CSc1nc(Cl)cc(N2CCN(C/C=C/c3ccccc3)CC2)n1. The van der Waals surface area contributed by atoms with Crippen molar-refractivity contribution in [3.63, 3.8) is 0 Å². The molecule has 1 fully saturated rings. The van der Waals surface area contributed by atoms with Crippen LogP contribution in [0.4, 0.5) is 5.82 Å². The molecular formula is C22H28ClN5OS. The van der Waals surface area contributed by atoms with Crippen molar-refractivity contribution in [2.45, 2.75) is 25.0 Å². The van der Waals surface area contributed by atoms with E-state index in [1.807, 2.05) is 19.9 Å². The summed E-state index contributed by atoms with van der Waals surface area (Å²) in [7, 11) is 0. The van der Waals surface area contributed by atoms with Crippen molar-refractivity contribution >= 4 is 41.2 Å². The molecule has 2 aromatic rings. The second kappa shape index (κ2) is 11.3. The second-order valence-corrected chi connectivity index (χ2v) is 8.77. The summed E-state index contributed by atoms with van der Waals surface area (Å²) in [6, 6.07) is 12.3. The summed E-state index contributed by atoms with van der Waals surface area (Å²) >= 11 is 7.52. The van der Waals surface area contributed by atoms with Gasteiger partial charge in [0.2, 0.25) is 5.91 Å². The van der Waals surface area contributed by atoms with Gasteiger partial charge in [0.15, 0.2) is 5.16 Å². The molecule has 1 N–H and O–H groups in total. The molecule has 0 bridgehead atoms. The lowest BCUT2D eigenvalue weighted by molar-refractivity contribution is -0.119. The van der Waals surface area contributed by atoms with Crippen LogP contribution in [0.15, 0.2) is 47.6 Å². The average molecular weight is 446 g/mol. The number of hydrogen-bond acceptors (Lipinski definition) is 6. The third kappa shape index (κ3) is 7.31. The largest absolute Gasteiger partial charge is 0.354 e. The Morgan fingerprint density at radius 2 is 1.93 bits per heavy atom. The Kier molecular flexibility index (Phi) is 8.54. The lowest BCUT2D eigenvalue weighted by Gasteiger charge is -2.35. The maximum atomic E-state index is 11.9. The number of hydrogen-bond donors (Lipinski definition) is 1. The molecule has 0 radical (unpaired) electrons. The Morgan fingerprint density at radius 3 is 2.63 bits per heavy atom. The standard InChI is InChI=1S/C22H28ClN5OS/c1-17(2)24-21(29)16-30-22-25-19(23)15-20(26-22)28-13-11-27(12-14-28)10-6-9-18-7-4-3-5-8-18/h3-9,15,17H,10-14,16H2,1-2H3,(H,24,29)/b9-6+. The molecule has 0 saturated carbocycles. The smallest absolute Gasteiger partial charge is 0.230 e. The quantitative estimate of drug-likeness (QED) is 0.380. The van der Waals surface area contributed by atoms with Gasteiger partial charge in [0.1, 0.15) is 11.0 Å². The first kappa shape index (κ1) is 22.6. The summed E-state index contributed by atoms with van der Waals surface area (Å²) in [5.74, 6) is 1.07. The minimum Gasteiger partial charge on any atom is -0.354 e. The van der Waals surface area contributed by atoms with Crippen molar-refractivity contribution in [1.82, 2.24) is 20.2 Å². The minimum absolute atomic E-state index is 0.0303. The lowest BCUT2D eigenvalue weighted by atomic mass is 10.2. The van der Waals surface area contributed by atoms with Crippen LogP contribution in [0.3, 0.4) is 0 Å². The van der Waals surface area contributed by atoms with E-state index in [9.17, 15) is 4.79 Å². The van der Waals surface area contributed by atoms with E-state index < -0.39 is 0 Å². The van der Waals surface area contributed by atoms with Gasteiger partial charge in [-0.05, 0) is 19.4 Å². The first-order valence-corrected chi connectivity index (χ1v) is 11.5. The predicted molar refractivity (Wildman–Crippen MR) is 125 cm³/mol. The van der Waals surface area contributed by atoms with Crippen LogP contribution in [0, 0.1) is 0 Å². The highest BCUT2D eigenvalue weighted by Gasteiger charge is 2.19. The summed E-state index contributed by atoms with van der Waals surface area (Å²) in [5, 5.41) is 3.80. The number of carbonyl (C=O) groups is 1. The van der Waals surface area contributed by atoms with E-state index in [4.69, 9.17) is 11.6 Å². The van der Waals surface area contributed by atoms with Crippen LogP contribution in [0.1, 0.15) is 19.4 Å². The van der Waals surface area contributed by atoms with Gasteiger partial charge in [0, 0.05) is 44.8 Å². The number of anilines is 1. The molecule has 1 aromatic carbocycles. The third-order valence-electron chi connectivity index (χ3n) is 4.61. The van der Waals surface area contributed by atoms with E-state index in [0.717, 1.165) is 38.5 Å². The van der Waals surface area contributed by atoms with Gasteiger partial charge in [0.25, 0.3) is 0 Å². The Morgan fingerprint density at radius 1 is 1.20 bits per heavy atom. The molecule has 1 amide bonds. The van der Waals surface area contributed by atoms with Gasteiger partial charge < -0.3 is 10.2 Å². The Bertz CT molecular complexity index is 854.